The molecule has 6 nitrogen and oxygen atoms in total. The quantitative estimate of drug-likeness (QED) is 0.733. The lowest BCUT2D eigenvalue weighted by atomic mass is 10.1. The minimum Gasteiger partial charge on any atom is -0.479 e. The molecular formula is C20H19ClN2O4. The summed E-state index contributed by atoms with van der Waals surface area (Å²) in [5.74, 6) is -0.596. The van der Waals surface area contributed by atoms with Crippen LogP contribution in [0, 0.1) is 18.3 Å². The van der Waals surface area contributed by atoms with Crippen LogP contribution in [0.3, 0.4) is 0 Å². The molecule has 1 N–H and O–H groups in total. The smallest absolute Gasteiger partial charge is 0.347 e. The normalized spacial score (nSPS) is 11.2. The van der Waals surface area contributed by atoms with Crippen molar-refractivity contribution in [2.75, 3.05) is 11.9 Å². The highest BCUT2D eigenvalue weighted by Crippen LogP contribution is 2.23. The Morgan fingerprint density at radius 3 is 2.56 bits per heavy atom. The van der Waals surface area contributed by atoms with Crippen LogP contribution in [0.1, 0.15) is 18.1 Å². The van der Waals surface area contributed by atoms with Crippen LogP contribution in [-0.4, -0.2) is 24.6 Å². The molecule has 0 aliphatic heterocycles. The zero-order chi connectivity index (χ0) is 19.8. The molecule has 1 unspecified atom stereocenters. The molecule has 0 radical (unpaired) electrons. The first-order valence-corrected chi connectivity index (χ1v) is 8.62. The molecule has 1 amide bonds. The second kappa shape index (κ2) is 9.60. The van der Waals surface area contributed by atoms with E-state index in [1.54, 1.807) is 49.4 Å². The molecule has 2 aromatic rings. The summed E-state index contributed by atoms with van der Waals surface area (Å²) in [4.78, 5) is 23.9. The number of hydrogen-bond acceptors (Lipinski definition) is 5. The molecule has 0 saturated carbocycles. The number of nitrogens with zero attached hydrogens (tertiary/aromatic N) is 1. The monoisotopic (exact) mass is 386 g/mol. The number of esters is 1. The van der Waals surface area contributed by atoms with Gasteiger partial charge in [-0.05, 0) is 55.3 Å². The number of ether oxygens (including phenoxy) is 2. The summed E-state index contributed by atoms with van der Waals surface area (Å²) in [6.45, 7) is 2.93. The van der Waals surface area contributed by atoms with Gasteiger partial charge in [0.15, 0.2) is 12.7 Å². The van der Waals surface area contributed by atoms with Crippen molar-refractivity contribution >= 4 is 29.2 Å². The van der Waals surface area contributed by atoms with E-state index in [4.69, 9.17) is 26.3 Å². The summed E-state index contributed by atoms with van der Waals surface area (Å²) in [7, 11) is 0. The Kier molecular flexibility index (Phi) is 7.21. The number of aryl methyl sites for hydroxylation is 1. The van der Waals surface area contributed by atoms with Gasteiger partial charge in [-0.1, -0.05) is 23.7 Å². The van der Waals surface area contributed by atoms with E-state index in [0.717, 1.165) is 11.1 Å². The van der Waals surface area contributed by atoms with Crippen molar-refractivity contribution in [2.45, 2.75) is 26.4 Å². The van der Waals surface area contributed by atoms with Crippen LogP contribution in [-0.2, 0) is 20.7 Å². The predicted molar refractivity (Wildman–Crippen MR) is 102 cm³/mol. The Morgan fingerprint density at radius 1 is 1.22 bits per heavy atom. The third kappa shape index (κ3) is 6.32. The molecule has 1 atom stereocenters. The van der Waals surface area contributed by atoms with Crippen LogP contribution in [0.2, 0.25) is 5.02 Å². The van der Waals surface area contributed by atoms with Crippen LogP contribution in [0.4, 0.5) is 5.69 Å². The van der Waals surface area contributed by atoms with E-state index in [0.29, 0.717) is 22.9 Å². The lowest BCUT2D eigenvalue weighted by Gasteiger charge is -2.15. The lowest BCUT2D eigenvalue weighted by Crippen LogP contribution is -2.30. The average molecular weight is 387 g/mol. The maximum absolute atomic E-state index is 12.0. The van der Waals surface area contributed by atoms with Crippen LogP contribution in [0.15, 0.2) is 42.5 Å². The fourth-order valence-electron chi connectivity index (χ4n) is 2.23. The van der Waals surface area contributed by atoms with Crippen molar-refractivity contribution in [3.05, 3.63) is 58.6 Å². The molecule has 0 bridgehead atoms. The summed E-state index contributed by atoms with van der Waals surface area (Å²) in [6.07, 6.45) is -0.570. The number of carbonyl (C=O) groups is 2. The Morgan fingerprint density at radius 2 is 1.93 bits per heavy atom. The molecule has 2 aromatic carbocycles. The van der Waals surface area contributed by atoms with Crippen LogP contribution < -0.4 is 10.1 Å². The van der Waals surface area contributed by atoms with Crippen molar-refractivity contribution in [1.29, 1.82) is 5.26 Å². The van der Waals surface area contributed by atoms with E-state index < -0.39 is 24.6 Å². The molecule has 0 fully saturated rings. The van der Waals surface area contributed by atoms with Crippen molar-refractivity contribution in [3.63, 3.8) is 0 Å². The molecular weight excluding hydrogens is 368 g/mol. The van der Waals surface area contributed by atoms with Gasteiger partial charge in [-0.15, -0.1) is 0 Å². The minimum atomic E-state index is -0.872. The van der Waals surface area contributed by atoms with Gasteiger partial charge in [-0.2, -0.15) is 5.26 Å². The summed E-state index contributed by atoms with van der Waals surface area (Å²) < 4.78 is 10.5. The predicted octanol–water partition coefficient (Wildman–Crippen LogP) is 3.66. The van der Waals surface area contributed by atoms with Gasteiger partial charge in [0, 0.05) is 10.7 Å². The van der Waals surface area contributed by atoms with Crippen LogP contribution in [0.25, 0.3) is 0 Å². The van der Waals surface area contributed by atoms with Gasteiger partial charge in [0.25, 0.3) is 5.91 Å². The summed E-state index contributed by atoms with van der Waals surface area (Å²) >= 11 is 5.89. The number of carbonyl (C=O) groups excluding carboxylic acids is 2. The first-order valence-electron chi connectivity index (χ1n) is 8.24. The number of nitriles is 1. The molecule has 0 saturated heterocycles. The van der Waals surface area contributed by atoms with Gasteiger partial charge < -0.3 is 14.8 Å². The van der Waals surface area contributed by atoms with E-state index in [2.05, 4.69) is 5.32 Å². The average Bonchev–Trinajstić information content (AvgIpc) is 2.63. The Balaban J connectivity index is 1.81. The zero-order valence-corrected chi connectivity index (χ0v) is 15.7. The maximum Gasteiger partial charge on any atom is 0.347 e. The Labute approximate surface area is 162 Å². The molecule has 0 aliphatic carbocycles. The largest absolute Gasteiger partial charge is 0.479 e. The highest BCUT2D eigenvalue weighted by Gasteiger charge is 2.18. The van der Waals surface area contributed by atoms with E-state index in [1.165, 1.54) is 0 Å². The number of rotatable bonds is 7. The molecule has 0 aromatic heterocycles. The number of halogens is 1. The lowest BCUT2D eigenvalue weighted by molar-refractivity contribution is -0.153. The zero-order valence-electron chi connectivity index (χ0n) is 15.0. The van der Waals surface area contributed by atoms with Gasteiger partial charge in [-0.25, -0.2) is 4.79 Å². The number of anilines is 1. The molecule has 0 aliphatic rings. The highest BCUT2D eigenvalue weighted by atomic mass is 35.5. The summed E-state index contributed by atoms with van der Waals surface area (Å²) in [6, 6.07) is 14.0. The van der Waals surface area contributed by atoms with E-state index in [1.807, 2.05) is 13.0 Å². The van der Waals surface area contributed by atoms with Crippen molar-refractivity contribution < 1.29 is 19.1 Å². The number of hydrogen-bond donors (Lipinski definition) is 1. The van der Waals surface area contributed by atoms with Crippen molar-refractivity contribution in [3.8, 4) is 11.8 Å². The topological polar surface area (TPSA) is 88.4 Å². The fourth-order valence-corrected chi connectivity index (χ4v) is 2.46. The number of nitrogens with one attached hydrogen (secondary N) is 1. The standard InChI is InChI=1S/C20H19ClN2O4/c1-13-11-16(21)5-8-18(13)27-14(2)20(25)26-12-19(24)23-17-6-3-15(4-7-17)9-10-22/h3-8,11,14H,9,12H2,1-2H3,(H,23,24). The van der Waals surface area contributed by atoms with Crippen LogP contribution >= 0.6 is 11.6 Å². The molecule has 0 spiro atoms. The SMILES string of the molecule is Cc1cc(Cl)ccc1OC(C)C(=O)OCC(=O)Nc1ccc(CC#N)cc1. The van der Waals surface area contributed by atoms with E-state index in [-0.39, 0.29) is 0 Å². The van der Waals surface area contributed by atoms with Crippen LogP contribution in [0.5, 0.6) is 5.75 Å². The van der Waals surface area contributed by atoms with Crippen molar-refractivity contribution in [1.82, 2.24) is 0 Å². The Bertz CT molecular complexity index is 859. The fraction of sp³-hybridized carbons (Fsp3) is 0.250. The maximum atomic E-state index is 12.0. The first kappa shape index (κ1) is 20.3. The third-order valence-electron chi connectivity index (χ3n) is 3.64. The molecule has 7 heteroatoms. The van der Waals surface area contributed by atoms with E-state index >= 15 is 0 Å². The molecule has 0 heterocycles. The van der Waals surface area contributed by atoms with E-state index in [9.17, 15) is 9.59 Å². The highest BCUT2D eigenvalue weighted by molar-refractivity contribution is 6.30. The van der Waals surface area contributed by atoms with Gasteiger partial charge in [0.2, 0.25) is 0 Å². The minimum absolute atomic E-state index is 0.302. The van der Waals surface area contributed by atoms with Crippen molar-refractivity contribution in [2.24, 2.45) is 0 Å². The summed E-state index contributed by atoms with van der Waals surface area (Å²) in [5, 5.41) is 11.8. The second-order valence-electron chi connectivity index (χ2n) is 5.86. The first-order chi connectivity index (χ1) is 12.9. The van der Waals surface area contributed by atoms with Gasteiger partial charge in [0.05, 0.1) is 12.5 Å². The second-order valence-corrected chi connectivity index (χ2v) is 6.29. The van der Waals surface area contributed by atoms with Gasteiger partial charge in [-0.3, -0.25) is 4.79 Å². The molecule has 2 rings (SSSR count). The van der Waals surface area contributed by atoms with Gasteiger partial charge in [0.1, 0.15) is 5.75 Å². The third-order valence-corrected chi connectivity index (χ3v) is 3.87. The Hall–Kier alpha value is -3.04. The summed E-state index contributed by atoms with van der Waals surface area (Å²) in [5.41, 5.74) is 2.20. The number of benzene rings is 2. The molecule has 27 heavy (non-hydrogen) atoms. The van der Waals surface area contributed by atoms with Gasteiger partial charge >= 0.3 is 5.97 Å². The molecule has 140 valence electrons. The number of amides is 1.